The lowest BCUT2D eigenvalue weighted by Crippen LogP contribution is -1.99. The van der Waals surface area contributed by atoms with Crippen molar-refractivity contribution in [2.24, 2.45) is 0 Å². The van der Waals surface area contributed by atoms with E-state index in [0.29, 0.717) is 22.9 Å². The molecule has 5 nitrogen and oxygen atoms in total. The third-order valence-electron chi connectivity index (χ3n) is 2.87. The number of carboxylic acid groups (broad SMARTS) is 1. The molecule has 0 bridgehead atoms. The maximum absolute atomic E-state index is 10.9. The second-order valence-electron chi connectivity index (χ2n) is 4.36. The molecular weight excluding hydrogens is 278 g/mol. The van der Waals surface area contributed by atoms with Crippen molar-refractivity contribution < 1.29 is 9.90 Å². The smallest absolute Gasteiger partial charge is 0.337 e. The molecule has 0 aliphatic carbocycles. The molecule has 20 heavy (non-hydrogen) atoms. The molecule has 0 aliphatic heterocycles. The maximum Gasteiger partial charge on any atom is 0.337 e. The molecule has 0 amide bonds. The summed E-state index contributed by atoms with van der Waals surface area (Å²) >= 11 is 5.93. The van der Waals surface area contributed by atoms with Crippen LogP contribution in [0.15, 0.2) is 42.6 Å². The van der Waals surface area contributed by atoms with E-state index in [4.69, 9.17) is 16.7 Å². The summed E-state index contributed by atoms with van der Waals surface area (Å²) in [6, 6.07) is 10.6. The number of hydrogen-bond donors (Lipinski definition) is 1. The molecule has 0 unspecified atom stereocenters. The van der Waals surface area contributed by atoms with E-state index in [1.54, 1.807) is 12.1 Å². The third kappa shape index (κ3) is 2.48. The van der Waals surface area contributed by atoms with E-state index in [1.165, 1.54) is 16.8 Å². The van der Waals surface area contributed by atoms with E-state index in [2.05, 4.69) is 10.1 Å². The summed E-state index contributed by atoms with van der Waals surface area (Å²) in [5.74, 6) is -0.367. The molecule has 0 radical (unpaired) electrons. The Bertz CT molecular complexity index is 798. The van der Waals surface area contributed by atoms with Crippen LogP contribution in [-0.4, -0.2) is 25.7 Å². The molecule has 2 heterocycles. The lowest BCUT2D eigenvalue weighted by molar-refractivity contribution is 0.0696. The first kappa shape index (κ1) is 12.6. The molecule has 2 aromatic heterocycles. The molecule has 3 rings (SSSR count). The van der Waals surface area contributed by atoms with Crippen LogP contribution < -0.4 is 0 Å². The van der Waals surface area contributed by atoms with Crippen LogP contribution in [0.4, 0.5) is 0 Å². The number of rotatable bonds is 3. The minimum absolute atomic E-state index is 0.178. The van der Waals surface area contributed by atoms with Crippen molar-refractivity contribution >= 4 is 23.2 Å². The van der Waals surface area contributed by atoms with Gasteiger partial charge in [0.15, 0.2) is 11.5 Å². The summed E-state index contributed by atoms with van der Waals surface area (Å²) < 4.78 is 1.48. The first-order chi connectivity index (χ1) is 9.61. The Morgan fingerprint density at radius 2 is 2.15 bits per heavy atom. The molecule has 100 valence electrons. The maximum atomic E-state index is 10.9. The fourth-order valence-electron chi connectivity index (χ4n) is 1.96. The fourth-order valence-corrected chi connectivity index (χ4v) is 2.17. The molecule has 0 aliphatic rings. The van der Waals surface area contributed by atoms with Gasteiger partial charge in [-0.25, -0.2) is 14.3 Å². The summed E-state index contributed by atoms with van der Waals surface area (Å²) in [6.45, 7) is 0. The number of carboxylic acids is 1. The van der Waals surface area contributed by atoms with E-state index < -0.39 is 5.97 Å². The van der Waals surface area contributed by atoms with Crippen LogP contribution in [0.3, 0.4) is 0 Å². The number of hydrogen-bond acceptors (Lipinski definition) is 3. The van der Waals surface area contributed by atoms with E-state index >= 15 is 0 Å². The highest BCUT2D eigenvalue weighted by molar-refractivity contribution is 6.30. The summed E-state index contributed by atoms with van der Waals surface area (Å²) in [5.41, 5.74) is 1.80. The zero-order valence-corrected chi connectivity index (χ0v) is 11.1. The zero-order valence-electron chi connectivity index (χ0n) is 10.3. The van der Waals surface area contributed by atoms with Crippen LogP contribution in [0.2, 0.25) is 5.02 Å². The lowest BCUT2D eigenvalue weighted by Gasteiger charge is -1.97. The number of aromatic carboxylic acids is 1. The van der Waals surface area contributed by atoms with E-state index in [1.807, 2.05) is 18.2 Å². The van der Waals surface area contributed by atoms with Gasteiger partial charge in [0.25, 0.3) is 0 Å². The number of benzene rings is 1. The van der Waals surface area contributed by atoms with Crippen LogP contribution in [0.25, 0.3) is 5.65 Å². The highest BCUT2D eigenvalue weighted by Gasteiger charge is 2.08. The largest absolute Gasteiger partial charge is 0.478 e. The molecule has 0 spiro atoms. The quantitative estimate of drug-likeness (QED) is 0.804. The predicted molar refractivity (Wildman–Crippen MR) is 74.2 cm³/mol. The van der Waals surface area contributed by atoms with E-state index in [-0.39, 0.29) is 5.56 Å². The Labute approximate surface area is 119 Å². The van der Waals surface area contributed by atoms with Crippen LogP contribution >= 0.6 is 11.6 Å². The minimum atomic E-state index is -0.987. The van der Waals surface area contributed by atoms with Crippen LogP contribution in [0.1, 0.15) is 21.7 Å². The summed E-state index contributed by atoms with van der Waals surface area (Å²) in [7, 11) is 0. The summed E-state index contributed by atoms with van der Waals surface area (Å²) in [5, 5.41) is 13.9. The molecule has 0 fully saturated rings. The van der Waals surface area contributed by atoms with Gasteiger partial charge in [-0.2, -0.15) is 5.10 Å². The van der Waals surface area contributed by atoms with Gasteiger partial charge in [0.2, 0.25) is 0 Å². The second kappa shape index (κ2) is 4.94. The first-order valence-corrected chi connectivity index (χ1v) is 6.33. The Morgan fingerprint density at radius 3 is 2.90 bits per heavy atom. The van der Waals surface area contributed by atoms with Gasteiger partial charge >= 0.3 is 5.97 Å². The molecule has 6 heteroatoms. The Hall–Kier alpha value is -2.40. The van der Waals surface area contributed by atoms with Gasteiger partial charge in [0, 0.05) is 17.6 Å². The Morgan fingerprint density at radius 1 is 1.30 bits per heavy atom. The molecular formula is C14H10ClN3O2. The van der Waals surface area contributed by atoms with Gasteiger partial charge in [0.1, 0.15) is 0 Å². The second-order valence-corrected chi connectivity index (χ2v) is 4.80. The number of nitrogens with zero attached hydrogens (tertiary/aromatic N) is 3. The van der Waals surface area contributed by atoms with Crippen molar-refractivity contribution in [1.82, 2.24) is 14.6 Å². The molecule has 0 atom stereocenters. The SMILES string of the molecule is O=C(O)c1ccc2nc(Cc3cccc(Cl)c3)nn2c1. The normalized spacial score (nSPS) is 10.8. The molecule has 3 aromatic rings. The number of pyridine rings is 1. The van der Waals surface area contributed by atoms with Gasteiger partial charge in [-0.1, -0.05) is 23.7 Å². The topological polar surface area (TPSA) is 67.5 Å². The van der Waals surface area contributed by atoms with Gasteiger partial charge in [-0.05, 0) is 29.8 Å². The summed E-state index contributed by atoms with van der Waals surface area (Å²) in [4.78, 5) is 15.3. The van der Waals surface area contributed by atoms with Gasteiger partial charge in [-0.3, -0.25) is 0 Å². The molecule has 1 aromatic carbocycles. The highest BCUT2D eigenvalue weighted by Crippen LogP contribution is 2.14. The van der Waals surface area contributed by atoms with Crippen LogP contribution in [0, 0.1) is 0 Å². The van der Waals surface area contributed by atoms with Crippen molar-refractivity contribution in [1.29, 1.82) is 0 Å². The van der Waals surface area contributed by atoms with Crippen molar-refractivity contribution in [3.8, 4) is 0 Å². The lowest BCUT2D eigenvalue weighted by atomic mass is 10.1. The molecule has 1 N–H and O–H groups in total. The van der Waals surface area contributed by atoms with Crippen molar-refractivity contribution in [2.45, 2.75) is 6.42 Å². The van der Waals surface area contributed by atoms with E-state index in [9.17, 15) is 4.79 Å². The van der Waals surface area contributed by atoms with Crippen LogP contribution in [0.5, 0.6) is 0 Å². The van der Waals surface area contributed by atoms with Crippen molar-refractivity contribution in [3.05, 3.63) is 64.6 Å². The van der Waals surface area contributed by atoms with Gasteiger partial charge in [-0.15, -0.1) is 0 Å². The monoisotopic (exact) mass is 287 g/mol. The minimum Gasteiger partial charge on any atom is -0.478 e. The van der Waals surface area contributed by atoms with E-state index in [0.717, 1.165) is 5.56 Å². The predicted octanol–water partition coefficient (Wildman–Crippen LogP) is 2.67. The van der Waals surface area contributed by atoms with Crippen LogP contribution in [-0.2, 0) is 6.42 Å². The Balaban J connectivity index is 1.95. The average molecular weight is 288 g/mol. The Kier molecular flexibility index (Phi) is 3.12. The zero-order chi connectivity index (χ0) is 14.1. The standard InChI is InChI=1S/C14H10ClN3O2/c15-11-3-1-2-9(6-11)7-12-16-13-5-4-10(14(19)20)8-18(13)17-12/h1-6,8H,7H2,(H,19,20). The van der Waals surface area contributed by atoms with Gasteiger partial charge in [0.05, 0.1) is 5.56 Å². The molecule has 0 saturated heterocycles. The number of halogens is 1. The van der Waals surface area contributed by atoms with Crippen molar-refractivity contribution in [3.63, 3.8) is 0 Å². The van der Waals surface area contributed by atoms with Gasteiger partial charge < -0.3 is 5.11 Å². The number of aromatic nitrogens is 3. The summed E-state index contributed by atoms with van der Waals surface area (Å²) in [6.07, 6.45) is 2.00. The molecule has 0 saturated carbocycles. The number of carbonyl (C=O) groups is 1. The average Bonchev–Trinajstić information content (AvgIpc) is 2.79. The third-order valence-corrected chi connectivity index (χ3v) is 3.11. The fraction of sp³-hybridized carbons (Fsp3) is 0.0714. The first-order valence-electron chi connectivity index (χ1n) is 5.95. The van der Waals surface area contributed by atoms with Crippen molar-refractivity contribution in [2.75, 3.05) is 0 Å². The number of fused-ring (bicyclic) bond motifs is 1. The highest BCUT2D eigenvalue weighted by atomic mass is 35.5.